The van der Waals surface area contributed by atoms with Crippen LogP contribution in [0.2, 0.25) is 0 Å². The SMILES string of the molecule is C=O.C=O.CC.Cc1cccc(C)c1. The van der Waals surface area contributed by atoms with Crippen LogP contribution >= 0.6 is 0 Å². The van der Waals surface area contributed by atoms with Crippen LogP contribution in [0.5, 0.6) is 0 Å². The topological polar surface area (TPSA) is 34.1 Å². The molecule has 0 aromatic heterocycles. The van der Waals surface area contributed by atoms with Crippen molar-refractivity contribution in [2.45, 2.75) is 27.7 Å². The van der Waals surface area contributed by atoms with Crippen LogP contribution in [0.25, 0.3) is 0 Å². The Morgan fingerprint density at radius 1 is 0.857 bits per heavy atom. The molecule has 0 fully saturated rings. The number of rotatable bonds is 0. The Labute approximate surface area is 87.0 Å². The van der Waals surface area contributed by atoms with Crippen LogP contribution < -0.4 is 0 Å². The second kappa shape index (κ2) is 17.6. The van der Waals surface area contributed by atoms with E-state index in [4.69, 9.17) is 9.59 Å². The molecule has 0 N–H and O–H groups in total. The van der Waals surface area contributed by atoms with Crippen molar-refractivity contribution in [3.63, 3.8) is 0 Å². The molecule has 0 aliphatic rings. The van der Waals surface area contributed by atoms with E-state index in [2.05, 4.69) is 38.1 Å². The van der Waals surface area contributed by atoms with Crippen LogP contribution in [0.1, 0.15) is 25.0 Å². The molecule has 0 atom stereocenters. The number of carbonyl (C=O) groups is 2. The first-order valence-corrected chi connectivity index (χ1v) is 4.40. The lowest BCUT2D eigenvalue weighted by Crippen LogP contribution is -1.71. The average molecular weight is 196 g/mol. The Kier molecular flexibility index (Phi) is 23.1. The molecule has 1 aromatic carbocycles. The van der Waals surface area contributed by atoms with E-state index in [9.17, 15) is 0 Å². The van der Waals surface area contributed by atoms with Gasteiger partial charge >= 0.3 is 0 Å². The Morgan fingerprint density at radius 2 is 1.14 bits per heavy atom. The monoisotopic (exact) mass is 196 g/mol. The van der Waals surface area contributed by atoms with Gasteiger partial charge in [-0.25, -0.2) is 0 Å². The zero-order valence-electron chi connectivity index (χ0n) is 9.54. The Morgan fingerprint density at radius 3 is 1.29 bits per heavy atom. The van der Waals surface area contributed by atoms with Crippen LogP contribution in [0.4, 0.5) is 0 Å². The third kappa shape index (κ3) is 13.2. The lowest BCUT2D eigenvalue weighted by molar-refractivity contribution is -0.0987. The fourth-order valence-electron chi connectivity index (χ4n) is 0.807. The van der Waals surface area contributed by atoms with Gasteiger partial charge in [0.25, 0.3) is 0 Å². The highest BCUT2D eigenvalue weighted by atomic mass is 16.1. The van der Waals surface area contributed by atoms with E-state index in [1.807, 2.05) is 27.4 Å². The minimum Gasteiger partial charge on any atom is -0.307 e. The second-order valence-electron chi connectivity index (χ2n) is 2.16. The number of hydrogen-bond donors (Lipinski definition) is 0. The largest absolute Gasteiger partial charge is 0.307 e. The van der Waals surface area contributed by atoms with E-state index >= 15 is 0 Å². The number of aryl methyl sites for hydroxylation is 2. The van der Waals surface area contributed by atoms with Gasteiger partial charge in [-0.15, -0.1) is 0 Å². The molecule has 0 spiro atoms. The summed E-state index contributed by atoms with van der Waals surface area (Å²) in [6.07, 6.45) is 0. The van der Waals surface area contributed by atoms with Crippen LogP contribution in [-0.2, 0) is 9.59 Å². The first kappa shape index (κ1) is 18.4. The molecule has 14 heavy (non-hydrogen) atoms. The molecule has 80 valence electrons. The van der Waals surface area contributed by atoms with Crippen LogP contribution in [0.3, 0.4) is 0 Å². The maximum Gasteiger partial charge on any atom is 0.106 e. The molecule has 0 amide bonds. The first-order chi connectivity index (χ1) is 6.79. The van der Waals surface area contributed by atoms with Crippen LogP contribution in [0, 0.1) is 13.8 Å². The molecule has 0 bridgehead atoms. The molecule has 0 aliphatic carbocycles. The van der Waals surface area contributed by atoms with Crippen molar-refractivity contribution in [3.05, 3.63) is 35.4 Å². The Hall–Kier alpha value is -1.44. The van der Waals surface area contributed by atoms with Gasteiger partial charge in [-0.05, 0) is 13.8 Å². The van der Waals surface area contributed by atoms with Crippen molar-refractivity contribution in [2.75, 3.05) is 0 Å². The zero-order chi connectivity index (χ0) is 12.0. The standard InChI is InChI=1S/C8H10.C2H6.2CH2O/c1-7-4-3-5-8(2)6-7;3*1-2/h3-6H,1-2H3;1-2H3;2*1H2. The van der Waals surface area contributed by atoms with E-state index in [0.717, 1.165) is 0 Å². The summed E-state index contributed by atoms with van der Waals surface area (Å²) >= 11 is 0. The van der Waals surface area contributed by atoms with E-state index in [0.29, 0.717) is 0 Å². The fraction of sp³-hybridized carbons (Fsp3) is 0.333. The lowest BCUT2D eigenvalue weighted by atomic mass is 10.2. The van der Waals surface area contributed by atoms with Gasteiger partial charge in [0.05, 0.1) is 0 Å². The molecular formula is C12H20O2. The third-order valence-electron chi connectivity index (χ3n) is 1.17. The number of hydrogen-bond acceptors (Lipinski definition) is 2. The van der Waals surface area contributed by atoms with Gasteiger partial charge in [0.2, 0.25) is 0 Å². The van der Waals surface area contributed by atoms with E-state index < -0.39 is 0 Å². The third-order valence-corrected chi connectivity index (χ3v) is 1.17. The van der Waals surface area contributed by atoms with Crippen molar-refractivity contribution >= 4 is 13.6 Å². The molecule has 0 saturated carbocycles. The summed E-state index contributed by atoms with van der Waals surface area (Å²) in [6.45, 7) is 12.2. The van der Waals surface area contributed by atoms with E-state index in [1.54, 1.807) is 0 Å². The first-order valence-electron chi connectivity index (χ1n) is 4.40. The summed E-state index contributed by atoms with van der Waals surface area (Å²) in [6, 6.07) is 8.45. The zero-order valence-corrected chi connectivity index (χ0v) is 9.54. The second-order valence-corrected chi connectivity index (χ2v) is 2.16. The molecule has 2 heteroatoms. The molecule has 0 saturated heterocycles. The summed E-state index contributed by atoms with van der Waals surface area (Å²) in [4.78, 5) is 16.0. The number of benzene rings is 1. The van der Waals surface area contributed by atoms with Crippen LogP contribution in [0.15, 0.2) is 24.3 Å². The van der Waals surface area contributed by atoms with Crippen molar-refractivity contribution in [3.8, 4) is 0 Å². The summed E-state index contributed by atoms with van der Waals surface area (Å²) in [7, 11) is 0. The Bertz CT molecular complexity index is 190. The van der Waals surface area contributed by atoms with Gasteiger partial charge in [-0.3, -0.25) is 0 Å². The number of carbonyl (C=O) groups excluding carboxylic acids is 2. The summed E-state index contributed by atoms with van der Waals surface area (Å²) in [5.74, 6) is 0. The van der Waals surface area contributed by atoms with Gasteiger partial charge in [-0.1, -0.05) is 49.2 Å². The fourth-order valence-corrected chi connectivity index (χ4v) is 0.807. The van der Waals surface area contributed by atoms with Gasteiger partial charge < -0.3 is 9.59 Å². The minimum atomic E-state index is 1.34. The summed E-state index contributed by atoms with van der Waals surface area (Å²) in [5.41, 5.74) is 2.68. The smallest absolute Gasteiger partial charge is 0.106 e. The predicted octanol–water partition coefficient (Wildman–Crippen LogP) is 2.96. The lowest BCUT2D eigenvalue weighted by Gasteiger charge is -1.90. The molecule has 2 nitrogen and oxygen atoms in total. The molecule has 1 rings (SSSR count). The van der Waals surface area contributed by atoms with Gasteiger partial charge in [-0.2, -0.15) is 0 Å². The highest BCUT2D eigenvalue weighted by Gasteiger charge is 1.80. The molecule has 0 radical (unpaired) electrons. The van der Waals surface area contributed by atoms with Crippen LogP contribution in [-0.4, -0.2) is 13.6 Å². The highest BCUT2D eigenvalue weighted by molar-refractivity contribution is 5.20. The van der Waals surface area contributed by atoms with Crippen molar-refractivity contribution in [1.29, 1.82) is 0 Å². The predicted molar refractivity (Wildman–Crippen MR) is 61.5 cm³/mol. The van der Waals surface area contributed by atoms with Crippen molar-refractivity contribution in [2.24, 2.45) is 0 Å². The van der Waals surface area contributed by atoms with E-state index in [1.165, 1.54) is 11.1 Å². The van der Waals surface area contributed by atoms with Crippen molar-refractivity contribution < 1.29 is 9.59 Å². The van der Waals surface area contributed by atoms with Gasteiger partial charge in [0.15, 0.2) is 0 Å². The molecular weight excluding hydrogens is 176 g/mol. The summed E-state index contributed by atoms with van der Waals surface area (Å²) < 4.78 is 0. The van der Waals surface area contributed by atoms with Gasteiger partial charge in [0, 0.05) is 0 Å². The van der Waals surface area contributed by atoms with E-state index in [-0.39, 0.29) is 0 Å². The van der Waals surface area contributed by atoms with Gasteiger partial charge in [0.1, 0.15) is 13.6 Å². The maximum absolute atomic E-state index is 8.00. The maximum atomic E-state index is 8.00. The molecule has 0 aliphatic heterocycles. The normalized spacial score (nSPS) is 6.29. The minimum absolute atomic E-state index is 1.34. The van der Waals surface area contributed by atoms with Crippen molar-refractivity contribution in [1.82, 2.24) is 0 Å². The molecule has 0 heterocycles. The molecule has 0 unspecified atom stereocenters. The average Bonchev–Trinajstić information content (AvgIpc) is 2.26. The quantitative estimate of drug-likeness (QED) is 0.639. The molecule has 1 aromatic rings. The Balaban J connectivity index is -0.000000174. The summed E-state index contributed by atoms with van der Waals surface area (Å²) in [5, 5.41) is 0. The highest BCUT2D eigenvalue weighted by Crippen LogP contribution is 2.00.